The van der Waals surface area contributed by atoms with E-state index in [2.05, 4.69) is 4.98 Å². The van der Waals surface area contributed by atoms with Crippen LogP contribution in [0.25, 0.3) is 11.0 Å². The Kier molecular flexibility index (Phi) is 4.85. The minimum absolute atomic E-state index is 0.0427. The zero-order valence-electron chi connectivity index (χ0n) is 14.4. The molecule has 0 spiro atoms. The number of nitro groups is 1. The van der Waals surface area contributed by atoms with Crippen molar-refractivity contribution in [1.29, 1.82) is 0 Å². The number of imidazole rings is 1. The molecule has 1 aromatic heterocycles. The van der Waals surface area contributed by atoms with Gasteiger partial charge in [0.2, 0.25) is 0 Å². The molecular formula is C18H15F2N3O4. The van der Waals surface area contributed by atoms with Gasteiger partial charge in [0, 0.05) is 11.6 Å². The zero-order valence-corrected chi connectivity index (χ0v) is 14.4. The minimum Gasteiger partial charge on any atom is -0.451 e. The number of ether oxygens (including phenoxy) is 1. The second-order valence-electron chi connectivity index (χ2n) is 5.91. The molecule has 0 aliphatic rings. The van der Waals surface area contributed by atoms with Gasteiger partial charge in [0.1, 0.15) is 0 Å². The molecule has 0 amide bonds. The number of aromatic nitrogens is 2. The van der Waals surface area contributed by atoms with Gasteiger partial charge in [-0.25, -0.2) is 9.78 Å². The van der Waals surface area contributed by atoms with E-state index in [-0.39, 0.29) is 22.6 Å². The molecule has 1 heterocycles. The molecule has 0 aliphatic carbocycles. The summed E-state index contributed by atoms with van der Waals surface area (Å²) in [6.45, 7) is 0.0931. The summed E-state index contributed by atoms with van der Waals surface area (Å²) in [7, 11) is 0. The van der Waals surface area contributed by atoms with E-state index < -0.39 is 23.5 Å². The van der Waals surface area contributed by atoms with E-state index in [1.165, 1.54) is 25.1 Å². The number of nitro benzene ring substituents is 1. The molecule has 7 nitrogen and oxygen atoms in total. The molecule has 1 unspecified atom stereocenters. The first-order valence-corrected chi connectivity index (χ1v) is 8.00. The SMILES string of the molecule is Cc1ccc(C(=O)OC(C)c2nc3ccccc3n2C(F)F)cc1[N+](=O)[O-]. The number of alkyl halides is 2. The summed E-state index contributed by atoms with van der Waals surface area (Å²) >= 11 is 0. The van der Waals surface area contributed by atoms with Crippen LogP contribution >= 0.6 is 0 Å². The molecule has 2 aromatic carbocycles. The van der Waals surface area contributed by atoms with Crippen molar-refractivity contribution in [2.75, 3.05) is 0 Å². The molecule has 0 N–H and O–H groups in total. The lowest BCUT2D eigenvalue weighted by Gasteiger charge is -2.15. The lowest BCUT2D eigenvalue weighted by molar-refractivity contribution is -0.385. The Bertz CT molecular complexity index is 1030. The third-order valence-corrected chi connectivity index (χ3v) is 4.11. The highest BCUT2D eigenvalue weighted by Gasteiger charge is 2.25. The van der Waals surface area contributed by atoms with Crippen LogP contribution in [0.1, 0.15) is 41.3 Å². The van der Waals surface area contributed by atoms with Crippen molar-refractivity contribution in [1.82, 2.24) is 9.55 Å². The van der Waals surface area contributed by atoms with E-state index in [1.54, 1.807) is 25.1 Å². The highest BCUT2D eigenvalue weighted by molar-refractivity contribution is 5.90. The largest absolute Gasteiger partial charge is 0.451 e. The maximum absolute atomic E-state index is 13.5. The van der Waals surface area contributed by atoms with Crippen molar-refractivity contribution in [3.63, 3.8) is 0 Å². The third-order valence-electron chi connectivity index (χ3n) is 4.11. The molecule has 1 atom stereocenters. The molecule has 0 aliphatic heterocycles. The lowest BCUT2D eigenvalue weighted by Crippen LogP contribution is -2.15. The van der Waals surface area contributed by atoms with Gasteiger partial charge in [-0.05, 0) is 32.0 Å². The minimum atomic E-state index is -2.87. The van der Waals surface area contributed by atoms with Gasteiger partial charge in [0.05, 0.1) is 21.5 Å². The van der Waals surface area contributed by atoms with Crippen LogP contribution in [0.15, 0.2) is 42.5 Å². The summed E-state index contributed by atoms with van der Waals surface area (Å²) < 4.78 is 32.9. The number of esters is 1. The number of carbonyl (C=O) groups excluding carboxylic acids is 1. The molecule has 9 heteroatoms. The van der Waals surface area contributed by atoms with E-state index in [1.807, 2.05) is 0 Å². The summed E-state index contributed by atoms with van der Waals surface area (Å²) in [6, 6.07) is 10.2. The standard InChI is InChI=1S/C18H15F2N3O4/c1-10-7-8-12(9-15(10)23(25)26)17(24)27-11(2)16-21-13-5-3-4-6-14(13)22(16)18(19)20/h3-9,11,18H,1-2H3. The first-order chi connectivity index (χ1) is 12.8. The number of benzene rings is 2. The molecule has 0 bridgehead atoms. The molecule has 3 rings (SSSR count). The predicted octanol–water partition coefficient (Wildman–Crippen LogP) is 4.57. The van der Waals surface area contributed by atoms with Gasteiger partial charge >= 0.3 is 12.5 Å². The van der Waals surface area contributed by atoms with Gasteiger partial charge in [-0.3, -0.25) is 14.7 Å². The predicted molar refractivity (Wildman–Crippen MR) is 92.6 cm³/mol. The molecule has 140 valence electrons. The van der Waals surface area contributed by atoms with E-state index in [4.69, 9.17) is 4.74 Å². The maximum atomic E-state index is 13.5. The fourth-order valence-electron chi connectivity index (χ4n) is 2.77. The first kappa shape index (κ1) is 18.4. The van der Waals surface area contributed by atoms with Gasteiger partial charge in [0.25, 0.3) is 5.69 Å². The van der Waals surface area contributed by atoms with Gasteiger partial charge in [-0.1, -0.05) is 18.2 Å². The topological polar surface area (TPSA) is 87.3 Å². The smallest absolute Gasteiger partial charge is 0.339 e. The number of carbonyl (C=O) groups is 1. The number of fused-ring (bicyclic) bond motifs is 1. The van der Waals surface area contributed by atoms with Crippen LogP contribution in [-0.4, -0.2) is 20.4 Å². The highest BCUT2D eigenvalue weighted by atomic mass is 19.3. The fourth-order valence-corrected chi connectivity index (χ4v) is 2.77. The number of nitrogens with zero attached hydrogens (tertiary/aromatic N) is 3. The summed E-state index contributed by atoms with van der Waals surface area (Å²) in [6.07, 6.45) is -1.08. The van der Waals surface area contributed by atoms with E-state index in [0.717, 1.165) is 6.07 Å². The second kappa shape index (κ2) is 7.10. The van der Waals surface area contributed by atoms with Crippen molar-refractivity contribution in [2.24, 2.45) is 0 Å². The highest BCUT2D eigenvalue weighted by Crippen LogP contribution is 2.29. The van der Waals surface area contributed by atoms with Crippen LogP contribution in [-0.2, 0) is 4.74 Å². The second-order valence-corrected chi connectivity index (χ2v) is 5.91. The Labute approximate surface area is 152 Å². The monoisotopic (exact) mass is 375 g/mol. The molecule has 3 aromatic rings. The average molecular weight is 375 g/mol. The lowest BCUT2D eigenvalue weighted by atomic mass is 10.1. The number of hydrogen-bond acceptors (Lipinski definition) is 5. The van der Waals surface area contributed by atoms with Crippen molar-refractivity contribution >= 4 is 22.7 Å². The normalized spacial score (nSPS) is 12.3. The van der Waals surface area contributed by atoms with Crippen LogP contribution in [0.4, 0.5) is 14.5 Å². The van der Waals surface area contributed by atoms with E-state index in [0.29, 0.717) is 15.6 Å². The van der Waals surface area contributed by atoms with Gasteiger partial charge in [-0.2, -0.15) is 8.78 Å². The molecule has 27 heavy (non-hydrogen) atoms. The van der Waals surface area contributed by atoms with Crippen LogP contribution in [0, 0.1) is 17.0 Å². The number of para-hydroxylation sites is 2. The van der Waals surface area contributed by atoms with Crippen molar-refractivity contribution in [3.05, 3.63) is 69.5 Å². The zero-order chi connectivity index (χ0) is 19.7. The molecular weight excluding hydrogens is 360 g/mol. The number of rotatable bonds is 5. The number of halogens is 2. The molecule has 0 fully saturated rings. The van der Waals surface area contributed by atoms with E-state index >= 15 is 0 Å². The van der Waals surface area contributed by atoms with Crippen LogP contribution in [0.3, 0.4) is 0 Å². The van der Waals surface area contributed by atoms with Crippen LogP contribution in [0.2, 0.25) is 0 Å². The summed E-state index contributed by atoms with van der Waals surface area (Å²) in [5.41, 5.74) is 0.693. The number of hydrogen-bond donors (Lipinski definition) is 0. The Morgan fingerprint density at radius 1 is 1.26 bits per heavy atom. The Balaban J connectivity index is 1.92. The summed E-state index contributed by atoms with van der Waals surface area (Å²) in [5, 5.41) is 11.0. The maximum Gasteiger partial charge on any atom is 0.339 e. The average Bonchev–Trinajstić information content (AvgIpc) is 3.01. The van der Waals surface area contributed by atoms with Crippen molar-refractivity contribution in [2.45, 2.75) is 26.5 Å². The molecule has 0 saturated carbocycles. The van der Waals surface area contributed by atoms with E-state index in [9.17, 15) is 23.7 Å². The fraction of sp³-hybridized carbons (Fsp3) is 0.222. The quantitative estimate of drug-likeness (QED) is 0.370. The molecule has 0 radical (unpaired) electrons. The Hall–Kier alpha value is -3.36. The number of aryl methyl sites for hydroxylation is 1. The first-order valence-electron chi connectivity index (χ1n) is 8.00. The van der Waals surface area contributed by atoms with Crippen molar-refractivity contribution < 1.29 is 23.2 Å². The van der Waals surface area contributed by atoms with Crippen LogP contribution in [0.5, 0.6) is 0 Å². The van der Waals surface area contributed by atoms with Gasteiger partial charge in [0.15, 0.2) is 11.9 Å². The van der Waals surface area contributed by atoms with Gasteiger partial charge < -0.3 is 4.74 Å². The van der Waals surface area contributed by atoms with Crippen LogP contribution < -0.4 is 0 Å². The molecule has 0 saturated heterocycles. The Morgan fingerprint density at radius 3 is 2.63 bits per heavy atom. The summed E-state index contributed by atoms with van der Waals surface area (Å²) in [5.74, 6) is -0.973. The van der Waals surface area contributed by atoms with Crippen molar-refractivity contribution in [3.8, 4) is 0 Å². The summed E-state index contributed by atoms with van der Waals surface area (Å²) in [4.78, 5) is 26.9. The third kappa shape index (κ3) is 3.48. The Morgan fingerprint density at radius 2 is 1.96 bits per heavy atom. The van der Waals surface area contributed by atoms with Gasteiger partial charge in [-0.15, -0.1) is 0 Å².